The lowest BCUT2D eigenvalue weighted by atomic mass is 9.96. The summed E-state index contributed by atoms with van der Waals surface area (Å²) in [4.78, 5) is 10.3. The van der Waals surface area contributed by atoms with Gasteiger partial charge in [0.2, 0.25) is 0 Å². The van der Waals surface area contributed by atoms with E-state index >= 15 is 0 Å². The van der Waals surface area contributed by atoms with Gasteiger partial charge in [0.1, 0.15) is 0 Å². The van der Waals surface area contributed by atoms with E-state index in [1.54, 1.807) is 0 Å². The molecule has 1 saturated heterocycles. The number of thiocarbonyl (C=S) groups is 1. The molecule has 4 rings (SSSR count). The van der Waals surface area contributed by atoms with Crippen molar-refractivity contribution in [2.24, 2.45) is 0 Å². The second kappa shape index (κ2) is 6.92. The van der Waals surface area contributed by atoms with Crippen LogP contribution < -0.4 is 5.32 Å². The van der Waals surface area contributed by atoms with Crippen LogP contribution in [0, 0.1) is 13.8 Å². The van der Waals surface area contributed by atoms with Crippen molar-refractivity contribution in [2.75, 3.05) is 0 Å². The minimum atomic E-state index is 0.0290. The van der Waals surface area contributed by atoms with Gasteiger partial charge in [0.05, 0.1) is 17.8 Å². The van der Waals surface area contributed by atoms with Crippen LogP contribution in [0.25, 0.3) is 0 Å². The van der Waals surface area contributed by atoms with Crippen molar-refractivity contribution in [1.29, 1.82) is 0 Å². The molecule has 2 atom stereocenters. The number of rotatable bonds is 4. The van der Waals surface area contributed by atoms with Crippen LogP contribution in [0.4, 0.5) is 0 Å². The number of aromatic amines is 1. The number of H-pyrrole nitrogens is 1. The lowest BCUT2D eigenvalue weighted by molar-refractivity contribution is 0.310. The number of nitrogens with zero attached hydrogens (tertiary/aromatic N) is 2. The fourth-order valence-corrected chi connectivity index (χ4v) is 4.05. The van der Waals surface area contributed by atoms with Gasteiger partial charge in [-0.1, -0.05) is 36.4 Å². The van der Waals surface area contributed by atoms with Gasteiger partial charge in [-0.05, 0) is 55.4 Å². The molecule has 0 bridgehead atoms. The summed E-state index contributed by atoms with van der Waals surface area (Å²) < 4.78 is 0. The van der Waals surface area contributed by atoms with Gasteiger partial charge in [-0.25, -0.2) is 0 Å². The first-order valence-corrected chi connectivity index (χ1v) is 9.22. The van der Waals surface area contributed by atoms with Gasteiger partial charge in [-0.15, -0.1) is 0 Å². The summed E-state index contributed by atoms with van der Waals surface area (Å²) in [5.41, 5.74) is 5.86. The third-order valence-electron chi connectivity index (χ3n) is 4.90. The Morgan fingerprint density at radius 3 is 2.50 bits per heavy atom. The van der Waals surface area contributed by atoms with E-state index in [1.165, 1.54) is 16.8 Å². The summed E-state index contributed by atoms with van der Waals surface area (Å²) in [5, 5.41) is 4.28. The van der Waals surface area contributed by atoms with Crippen molar-refractivity contribution in [2.45, 2.75) is 32.5 Å². The molecule has 5 heteroatoms. The summed E-state index contributed by atoms with van der Waals surface area (Å²) in [5.74, 6) is 0. The first-order valence-electron chi connectivity index (χ1n) is 8.81. The van der Waals surface area contributed by atoms with Crippen molar-refractivity contribution in [3.05, 3.63) is 89.0 Å². The Labute approximate surface area is 159 Å². The van der Waals surface area contributed by atoms with Crippen LogP contribution in [-0.4, -0.2) is 20.0 Å². The van der Waals surface area contributed by atoms with Gasteiger partial charge in [0, 0.05) is 24.1 Å². The summed E-state index contributed by atoms with van der Waals surface area (Å²) >= 11 is 5.72. The second-order valence-electron chi connectivity index (χ2n) is 6.77. The molecule has 1 aliphatic rings. The summed E-state index contributed by atoms with van der Waals surface area (Å²) in [6, 6.07) is 18.8. The molecule has 1 aromatic carbocycles. The lowest BCUT2D eigenvalue weighted by Crippen LogP contribution is -2.29. The van der Waals surface area contributed by atoms with Crippen LogP contribution in [0.1, 0.15) is 40.3 Å². The van der Waals surface area contributed by atoms with E-state index in [9.17, 15) is 0 Å². The Balaban J connectivity index is 1.76. The smallest absolute Gasteiger partial charge is 0.170 e. The number of nitrogens with one attached hydrogen (secondary N) is 2. The Bertz CT molecular complexity index is 904. The van der Waals surface area contributed by atoms with E-state index in [1.807, 2.05) is 24.4 Å². The van der Waals surface area contributed by atoms with Crippen molar-refractivity contribution < 1.29 is 0 Å². The maximum Gasteiger partial charge on any atom is 0.170 e. The average Bonchev–Trinajstić information content (AvgIpc) is 3.15. The molecule has 0 radical (unpaired) electrons. The minimum absolute atomic E-state index is 0.0290. The largest absolute Gasteiger partial charge is 0.362 e. The van der Waals surface area contributed by atoms with Crippen LogP contribution >= 0.6 is 12.2 Å². The molecule has 0 unspecified atom stereocenters. The summed E-state index contributed by atoms with van der Waals surface area (Å²) in [6.07, 6.45) is 1.84. The fraction of sp³-hybridized carbons (Fsp3) is 0.238. The third-order valence-corrected chi connectivity index (χ3v) is 5.25. The van der Waals surface area contributed by atoms with Crippen LogP contribution in [0.3, 0.4) is 0 Å². The van der Waals surface area contributed by atoms with Crippen LogP contribution in [0.5, 0.6) is 0 Å². The highest BCUT2D eigenvalue weighted by Crippen LogP contribution is 2.40. The standard InChI is InChI=1S/C21H22N4S/c1-14-12-17(15(2)23-14)20-19(18-10-6-7-11-22-18)24-21(26)25(20)13-16-8-4-3-5-9-16/h3-12,19-20,23H,13H2,1-2H3,(H,24,26)/t19-,20-/m1/s1. The summed E-state index contributed by atoms with van der Waals surface area (Å²) in [7, 11) is 0. The molecular weight excluding hydrogens is 340 g/mol. The maximum absolute atomic E-state index is 5.72. The predicted octanol–water partition coefficient (Wildman–Crippen LogP) is 4.20. The number of pyridine rings is 1. The topological polar surface area (TPSA) is 44.0 Å². The Kier molecular flexibility index (Phi) is 4.47. The molecule has 2 N–H and O–H groups in total. The van der Waals surface area contributed by atoms with Gasteiger partial charge in [-0.3, -0.25) is 4.98 Å². The summed E-state index contributed by atoms with van der Waals surface area (Å²) in [6.45, 7) is 4.98. The van der Waals surface area contributed by atoms with Crippen LogP contribution in [0.2, 0.25) is 0 Å². The SMILES string of the molecule is Cc1cc([C@@H]2[C@@H](c3ccccn3)NC(=S)N2Cc2ccccc2)c(C)[nH]1. The monoisotopic (exact) mass is 362 g/mol. The number of aryl methyl sites for hydroxylation is 2. The molecule has 0 spiro atoms. The van der Waals surface area contributed by atoms with Gasteiger partial charge >= 0.3 is 0 Å². The zero-order valence-corrected chi connectivity index (χ0v) is 15.8. The molecule has 4 nitrogen and oxygen atoms in total. The number of aromatic nitrogens is 2. The quantitative estimate of drug-likeness (QED) is 0.683. The van der Waals surface area contributed by atoms with E-state index in [0.29, 0.717) is 0 Å². The Morgan fingerprint density at radius 2 is 1.85 bits per heavy atom. The molecule has 3 aromatic rings. The molecule has 0 amide bonds. The first-order chi connectivity index (χ1) is 12.6. The Morgan fingerprint density at radius 1 is 1.08 bits per heavy atom. The molecule has 2 aromatic heterocycles. The van der Waals surface area contributed by atoms with Crippen molar-refractivity contribution in [3.63, 3.8) is 0 Å². The normalized spacial score (nSPS) is 19.6. The maximum atomic E-state index is 5.72. The fourth-order valence-electron chi connectivity index (χ4n) is 3.75. The molecule has 3 heterocycles. The Hall–Kier alpha value is -2.66. The van der Waals surface area contributed by atoms with Crippen molar-refractivity contribution in [1.82, 2.24) is 20.2 Å². The van der Waals surface area contributed by atoms with E-state index in [0.717, 1.165) is 23.0 Å². The molecule has 26 heavy (non-hydrogen) atoms. The van der Waals surface area contributed by atoms with Gasteiger partial charge < -0.3 is 15.2 Å². The highest BCUT2D eigenvalue weighted by Gasteiger charge is 2.40. The van der Waals surface area contributed by atoms with Crippen LogP contribution in [-0.2, 0) is 6.54 Å². The molecule has 0 aliphatic carbocycles. The highest BCUT2D eigenvalue weighted by molar-refractivity contribution is 7.80. The van der Waals surface area contributed by atoms with Crippen molar-refractivity contribution >= 4 is 17.3 Å². The first kappa shape index (κ1) is 16.8. The van der Waals surface area contributed by atoms with Gasteiger partial charge in [0.15, 0.2) is 5.11 Å². The molecular formula is C21H22N4S. The average molecular weight is 363 g/mol. The number of hydrogen-bond donors (Lipinski definition) is 2. The third kappa shape index (κ3) is 3.10. The van der Waals surface area contributed by atoms with Crippen LogP contribution in [0.15, 0.2) is 60.8 Å². The molecule has 132 valence electrons. The number of benzene rings is 1. The zero-order chi connectivity index (χ0) is 18.1. The number of hydrogen-bond acceptors (Lipinski definition) is 2. The van der Waals surface area contributed by atoms with Gasteiger partial charge in [-0.2, -0.15) is 0 Å². The van der Waals surface area contributed by atoms with Crippen molar-refractivity contribution in [3.8, 4) is 0 Å². The van der Waals surface area contributed by atoms with E-state index in [4.69, 9.17) is 12.2 Å². The van der Waals surface area contributed by atoms with Gasteiger partial charge in [0.25, 0.3) is 0 Å². The predicted molar refractivity (Wildman–Crippen MR) is 108 cm³/mol. The van der Waals surface area contributed by atoms with E-state index < -0.39 is 0 Å². The molecule has 1 aliphatic heterocycles. The lowest BCUT2D eigenvalue weighted by Gasteiger charge is -2.28. The molecule has 0 saturated carbocycles. The van der Waals surface area contributed by atoms with E-state index in [2.05, 4.69) is 70.4 Å². The second-order valence-corrected chi connectivity index (χ2v) is 7.16. The van der Waals surface area contributed by atoms with E-state index in [-0.39, 0.29) is 12.1 Å². The molecule has 1 fully saturated rings. The highest BCUT2D eigenvalue weighted by atomic mass is 32.1. The minimum Gasteiger partial charge on any atom is -0.362 e. The zero-order valence-electron chi connectivity index (χ0n) is 14.9.